The average Bonchev–Trinajstić information content (AvgIpc) is 3.87. The normalized spacial score (nSPS) is 23.3. The van der Waals surface area contributed by atoms with E-state index in [4.69, 9.17) is 4.42 Å². The number of anilines is 3. The highest BCUT2D eigenvalue weighted by Gasteiger charge is 2.61. The summed E-state index contributed by atoms with van der Waals surface area (Å²) in [6.07, 6.45) is 6.96. The smallest absolute Gasteiger partial charge is 0.135 e. The van der Waals surface area contributed by atoms with Gasteiger partial charge in [0.05, 0.1) is 16.7 Å². The summed E-state index contributed by atoms with van der Waals surface area (Å²) < 4.78 is 8.82. The van der Waals surface area contributed by atoms with Crippen molar-refractivity contribution in [2.45, 2.75) is 37.5 Å². The molecule has 0 saturated heterocycles. The van der Waals surface area contributed by atoms with Crippen molar-refractivity contribution in [2.24, 2.45) is 23.7 Å². The van der Waals surface area contributed by atoms with Crippen LogP contribution in [0, 0.1) is 23.7 Å². The van der Waals surface area contributed by atoms with E-state index in [0.717, 1.165) is 45.1 Å². The van der Waals surface area contributed by atoms with Crippen LogP contribution in [0.3, 0.4) is 0 Å². The zero-order chi connectivity index (χ0) is 35.8. The summed E-state index contributed by atoms with van der Waals surface area (Å²) in [5.41, 5.74) is 15.1. The van der Waals surface area contributed by atoms with Gasteiger partial charge in [-0.15, -0.1) is 0 Å². The van der Waals surface area contributed by atoms with E-state index in [1.807, 2.05) is 0 Å². The van der Waals surface area contributed by atoms with Gasteiger partial charge in [-0.05, 0) is 133 Å². The number of hydrogen-bond donors (Lipinski definition) is 0. The van der Waals surface area contributed by atoms with Crippen LogP contribution in [0.25, 0.3) is 60.6 Å². The minimum absolute atomic E-state index is 0.0927. The first-order valence-electron chi connectivity index (χ1n) is 20.3. The van der Waals surface area contributed by atoms with E-state index < -0.39 is 0 Å². The van der Waals surface area contributed by atoms with E-state index in [0.29, 0.717) is 11.8 Å². The van der Waals surface area contributed by atoms with Gasteiger partial charge < -0.3 is 13.9 Å². The summed E-state index contributed by atoms with van der Waals surface area (Å²) in [5, 5.41) is 4.82. The van der Waals surface area contributed by atoms with E-state index in [9.17, 15) is 0 Å². The van der Waals surface area contributed by atoms with Crippen LogP contribution in [0.4, 0.5) is 17.1 Å². The molecular weight excluding hydrogens is 669 g/mol. The number of fused-ring (bicyclic) bond motifs is 9. The van der Waals surface area contributed by atoms with Crippen LogP contribution in [0.2, 0.25) is 0 Å². The van der Waals surface area contributed by atoms with Crippen LogP contribution >= 0.6 is 0 Å². The van der Waals surface area contributed by atoms with Crippen molar-refractivity contribution in [3.63, 3.8) is 0 Å². The van der Waals surface area contributed by atoms with Gasteiger partial charge in [-0.25, -0.2) is 0 Å². The predicted octanol–water partition coefficient (Wildman–Crippen LogP) is 13.9. The Hall–Kier alpha value is -6.06. The molecule has 2 heterocycles. The van der Waals surface area contributed by atoms with Crippen molar-refractivity contribution in [3.05, 3.63) is 169 Å². The number of nitrogens with zero attached hydrogens (tertiary/aromatic N) is 2. The lowest BCUT2D eigenvalue weighted by Gasteiger charge is -2.61. The van der Waals surface area contributed by atoms with Crippen LogP contribution in [0.15, 0.2) is 162 Å². The second kappa shape index (κ2) is 11.0. The Kier molecular flexibility index (Phi) is 6.06. The van der Waals surface area contributed by atoms with E-state index in [-0.39, 0.29) is 5.41 Å². The van der Waals surface area contributed by atoms with Crippen molar-refractivity contribution < 1.29 is 4.42 Å². The molecule has 0 amide bonds. The number of furan rings is 1. The maximum Gasteiger partial charge on any atom is 0.135 e. The van der Waals surface area contributed by atoms with Crippen LogP contribution in [0.5, 0.6) is 0 Å². The predicted molar refractivity (Wildman–Crippen MR) is 226 cm³/mol. The Morgan fingerprint density at radius 2 is 1.15 bits per heavy atom. The first-order valence-corrected chi connectivity index (χ1v) is 20.3. The molecule has 14 rings (SSSR count). The van der Waals surface area contributed by atoms with Gasteiger partial charge in [0, 0.05) is 49.6 Å². The number of aromatic nitrogens is 1. The Bertz CT molecular complexity index is 2990. The van der Waals surface area contributed by atoms with Crippen molar-refractivity contribution in [3.8, 4) is 16.8 Å². The van der Waals surface area contributed by atoms with Gasteiger partial charge in [-0.2, -0.15) is 0 Å². The average molecular weight is 709 g/mol. The highest BCUT2D eigenvalue weighted by atomic mass is 16.3. The monoisotopic (exact) mass is 708 g/mol. The first kappa shape index (κ1) is 30.3. The molecule has 1 spiro atoms. The number of rotatable bonds is 4. The second-order valence-corrected chi connectivity index (χ2v) is 16.9. The molecule has 4 fully saturated rings. The zero-order valence-electron chi connectivity index (χ0n) is 30.7. The summed E-state index contributed by atoms with van der Waals surface area (Å²) >= 11 is 0. The second-order valence-electron chi connectivity index (χ2n) is 16.9. The number of hydrogen-bond acceptors (Lipinski definition) is 2. The molecule has 2 aromatic heterocycles. The highest BCUT2D eigenvalue weighted by Crippen LogP contribution is 2.70. The summed E-state index contributed by atoms with van der Waals surface area (Å²) in [6, 6.07) is 58.8. The third kappa shape index (κ3) is 4.01. The molecule has 55 heavy (non-hydrogen) atoms. The lowest BCUT2D eigenvalue weighted by atomic mass is 9.43. The summed E-state index contributed by atoms with van der Waals surface area (Å²) in [6.45, 7) is 0. The maximum atomic E-state index is 6.38. The molecule has 0 atom stereocenters. The standard InChI is InChI=1S/C52H40N2O/c1-2-11-36(12-3-1)54-46-18-8-5-13-39(46)40-23-21-38(31-48(40)54)53(37-22-24-50-43(30-37)41-14-6-9-20-49(41)55-50)47-19-10-17-45-51(47)42-15-4-7-16-44(42)52(45)34-26-32-25-33(28-34)29-35(52)27-32/h1-24,30-35H,25-29H2. The molecule has 7 aromatic carbocycles. The Balaban J connectivity index is 1.10. The quantitative estimate of drug-likeness (QED) is 0.181. The first-order chi connectivity index (χ1) is 27.2. The lowest BCUT2D eigenvalue weighted by Crippen LogP contribution is -2.55. The molecule has 9 aromatic rings. The van der Waals surface area contributed by atoms with E-state index in [1.54, 1.807) is 11.1 Å². The molecule has 0 unspecified atom stereocenters. The molecule has 0 radical (unpaired) electrons. The van der Waals surface area contributed by atoms with Crippen LogP contribution in [0.1, 0.15) is 43.2 Å². The van der Waals surface area contributed by atoms with Gasteiger partial charge in [-0.3, -0.25) is 0 Å². The molecule has 5 aliphatic rings. The molecule has 5 aliphatic carbocycles. The minimum Gasteiger partial charge on any atom is -0.456 e. The van der Waals surface area contributed by atoms with Crippen molar-refractivity contribution >= 4 is 60.8 Å². The van der Waals surface area contributed by atoms with Gasteiger partial charge in [-0.1, -0.05) is 97.1 Å². The van der Waals surface area contributed by atoms with Gasteiger partial charge in [0.1, 0.15) is 11.2 Å². The minimum atomic E-state index is 0.0927. The van der Waals surface area contributed by atoms with E-state index in [2.05, 4.69) is 167 Å². The van der Waals surface area contributed by atoms with Crippen molar-refractivity contribution in [2.75, 3.05) is 4.90 Å². The molecule has 0 aliphatic heterocycles. The van der Waals surface area contributed by atoms with E-state index in [1.165, 1.54) is 76.4 Å². The SMILES string of the molecule is c1ccc(-n2c3ccccc3c3ccc(N(c4ccc5oc6ccccc6c5c4)c4cccc5c4-c4ccccc4C54C5CC6CC(C5)CC4C6)cc32)cc1. The van der Waals surface area contributed by atoms with Crippen LogP contribution in [-0.4, -0.2) is 4.57 Å². The Morgan fingerprint density at radius 3 is 2.00 bits per heavy atom. The summed E-state index contributed by atoms with van der Waals surface area (Å²) in [7, 11) is 0. The fourth-order valence-corrected chi connectivity index (χ4v) is 12.6. The number of para-hydroxylation sites is 3. The molecule has 0 N–H and O–H groups in total. The third-order valence-corrected chi connectivity index (χ3v) is 14.3. The molecule has 3 nitrogen and oxygen atoms in total. The fourth-order valence-electron chi connectivity index (χ4n) is 12.6. The lowest BCUT2D eigenvalue weighted by molar-refractivity contribution is -0.0399. The molecule has 4 bridgehead atoms. The largest absolute Gasteiger partial charge is 0.456 e. The summed E-state index contributed by atoms with van der Waals surface area (Å²) in [4.78, 5) is 2.55. The van der Waals surface area contributed by atoms with Gasteiger partial charge in [0.2, 0.25) is 0 Å². The van der Waals surface area contributed by atoms with Gasteiger partial charge in [0.25, 0.3) is 0 Å². The third-order valence-electron chi connectivity index (χ3n) is 14.3. The molecule has 264 valence electrons. The summed E-state index contributed by atoms with van der Waals surface area (Å²) in [5.74, 6) is 3.23. The molecule has 3 heteroatoms. The Labute approximate surface area is 320 Å². The van der Waals surface area contributed by atoms with E-state index >= 15 is 0 Å². The molecular formula is C52H40N2O. The van der Waals surface area contributed by atoms with Gasteiger partial charge >= 0.3 is 0 Å². The zero-order valence-corrected chi connectivity index (χ0v) is 30.7. The number of benzene rings is 7. The Morgan fingerprint density at radius 1 is 0.491 bits per heavy atom. The van der Waals surface area contributed by atoms with Crippen LogP contribution < -0.4 is 4.90 Å². The van der Waals surface area contributed by atoms with Crippen molar-refractivity contribution in [1.29, 1.82) is 0 Å². The van der Waals surface area contributed by atoms with Crippen LogP contribution in [-0.2, 0) is 5.41 Å². The maximum absolute atomic E-state index is 6.38. The van der Waals surface area contributed by atoms with Gasteiger partial charge in [0.15, 0.2) is 0 Å². The molecule has 4 saturated carbocycles. The fraction of sp³-hybridized carbons (Fsp3) is 0.192. The highest BCUT2D eigenvalue weighted by molar-refractivity contribution is 6.11. The van der Waals surface area contributed by atoms with Crippen molar-refractivity contribution in [1.82, 2.24) is 4.57 Å². The topological polar surface area (TPSA) is 21.3 Å².